The third kappa shape index (κ3) is 3.58. The molecule has 2 rings (SSSR count). The van der Waals surface area contributed by atoms with E-state index in [1.807, 2.05) is 37.3 Å². The van der Waals surface area contributed by atoms with Crippen molar-refractivity contribution < 1.29 is 8.42 Å². The molecule has 2 N–H and O–H groups in total. The fraction of sp³-hybridized carbons (Fsp3) is 0.375. The van der Waals surface area contributed by atoms with Crippen LogP contribution in [0, 0.1) is 0 Å². The van der Waals surface area contributed by atoms with Crippen molar-refractivity contribution in [1.82, 2.24) is 0 Å². The summed E-state index contributed by atoms with van der Waals surface area (Å²) in [6.07, 6.45) is 2.25. The van der Waals surface area contributed by atoms with E-state index in [2.05, 4.69) is 0 Å². The Bertz CT molecular complexity index is 680. The number of rotatable bonds is 6. The van der Waals surface area contributed by atoms with Crippen LogP contribution in [0.25, 0.3) is 10.8 Å². The predicted molar refractivity (Wildman–Crippen MR) is 83.5 cm³/mol. The van der Waals surface area contributed by atoms with Crippen molar-refractivity contribution in [2.24, 2.45) is 5.73 Å². The fourth-order valence-electron chi connectivity index (χ4n) is 2.22. The average Bonchev–Trinajstić information content (AvgIpc) is 2.46. The van der Waals surface area contributed by atoms with E-state index in [1.54, 1.807) is 12.1 Å². The summed E-state index contributed by atoms with van der Waals surface area (Å²) in [5.74, 6) is 0.166. The van der Waals surface area contributed by atoms with Crippen LogP contribution in [0.3, 0.4) is 0 Å². The smallest absolute Gasteiger partial charge is 0.178 e. The first kappa shape index (κ1) is 15.0. The molecule has 1 unspecified atom stereocenters. The van der Waals surface area contributed by atoms with Crippen molar-refractivity contribution >= 4 is 20.6 Å². The summed E-state index contributed by atoms with van der Waals surface area (Å²) in [5.41, 5.74) is 5.82. The summed E-state index contributed by atoms with van der Waals surface area (Å²) in [7, 11) is -3.21. The molecule has 0 heterocycles. The molecule has 1 atom stereocenters. The highest BCUT2D eigenvalue weighted by Crippen LogP contribution is 2.20. The van der Waals surface area contributed by atoms with Gasteiger partial charge in [0, 0.05) is 6.04 Å². The van der Waals surface area contributed by atoms with Gasteiger partial charge in [0.05, 0.1) is 10.6 Å². The van der Waals surface area contributed by atoms with Gasteiger partial charge in [-0.1, -0.05) is 37.3 Å². The Morgan fingerprint density at radius 1 is 1.10 bits per heavy atom. The van der Waals surface area contributed by atoms with Crippen LogP contribution in [-0.2, 0) is 9.84 Å². The normalized spacial score (nSPS) is 13.5. The lowest BCUT2D eigenvalue weighted by molar-refractivity contribution is 0.567. The van der Waals surface area contributed by atoms with E-state index < -0.39 is 9.84 Å². The van der Waals surface area contributed by atoms with E-state index in [4.69, 9.17) is 5.73 Å². The number of sulfone groups is 1. The van der Waals surface area contributed by atoms with Crippen LogP contribution in [0.2, 0.25) is 0 Å². The van der Waals surface area contributed by atoms with Gasteiger partial charge in [-0.15, -0.1) is 0 Å². The molecule has 0 amide bonds. The van der Waals surface area contributed by atoms with E-state index in [0.29, 0.717) is 11.3 Å². The molecular weight excluding hydrogens is 270 g/mol. The molecule has 108 valence electrons. The van der Waals surface area contributed by atoms with Crippen LogP contribution in [0.4, 0.5) is 0 Å². The highest BCUT2D eigenvalue weighted by Gasteiger charge is 2.15. The Kier molecular flexibility index (Phi) is 4.78. The molecular formula is C16H21NO2S. The minimum atomic E-state index is -3.21. The van der Waals surface area contributed by atoms with Gasteiger partial charge in [0.1, 0.15) is 0 Å². The average molecular weight is 291 g/mol. The van der Waals surface area contributed by atoms with Crippen LogP contribution in [-0.4, -0.2) is 20.2 Å². The molecule has 0 aliphatic rings. The molecule has 2 aromatic carbocycles. The zero-order valence-electron chi connectivity index (χ0n) is 11.7. The number of hydrogen-bond acceptors (Lipinski definition) is 3. The molecule has 0 radical (unpaired) electrons. The number of hydrogen-bond donors (Lipinski definition) is 1. The molecule has 0 saturated carbocycles. The third-order valence-electron chi connectivity index (χ3n) is 3.59. The third-order valence-corrected chi connectivity index (χ3v) is 5.39. The molecule has 0 aliphatic heterocycles. The Labute approximate surface area is 120 Å². The van der Waals surface area contributed by atoms with Crippen molar-refractivity contribution in [2.45, 2.75) is 37.1 Å². The van der Waals surface area contributed by atoms with E-state index in [-0.39, 0.29) is 11.8 Å². The van der Waals surface area contributed by atoms with Crippen molar-refractivity contribution in [1.29, 1.82) is 0 Å². The molecule has 0 fully saturated rings. The summed E-state index contributed by atoms with van der Waals surface area (Å²) in [6, 6.07) is 13.2. The maximum atomic E-state index is 12.3. The molecule has 4 heteroatoms. The number of nitrogens with two attached hydrogens (primary N) is 1. The summed E-state index contributed by atoms with van der Waals surface area (Å²) in [6.45, 7) is 2.02. The highest BCUT2D eigenvalue weighted by molar-refractivity contribution is 7.91. The predicted octanol–water partition coefficient (Wildman–Crippen LogP) is 3.13. The van der Waals surface area contributed by atoms with E-state index in [1.165, 1.54) is 0 Å². The second kappa shape index (κ2) is 6.37. The van der Waals surface area contributed by atoms with Crippen molar-refractivity contribution in [2.75, 3.05) is 5.75 Å². The lowest BCUT2D eigenvalue weighted by Gasteiger charge is -2.09. The quantitative estimate of drug-likeness (QED) is 0.889. The molecule has 0 bridgehead atoms. The van der Waals surface area contributed by atoms with Crippen LogP contribution in [0.15, 0.2) is 47.4 Å². The Hall–Kier alpha value is -1.39. The Balaban J connectivity index is 2.15. The minimum Gasteiger partial charge on any atom is -0.328 e. The second-order valence-corrected chi connectivity index (χ2v) is 7.25. The van der Waals surface area contributed by atoms with Gasteiger partial charge in [0.2, 0.25) is 0 Å². The van der Waals surface area contributed by atoms with Crippen LogP contribution >= 0.6 is 0 Å². The van der Waals surface area contributed by atoms with E-state index in [0.717, 1.165) is 23.6 Å². The molecule has 2 aromatic rings. The zero-order chi connectivity index (χ0) is 14.6. The standard InChI is InChI=1S/C16H21NO2S/c1-2-15(17)8-5-11-20(18,19)16-10-9-13-6-3-4-7-14(13)12-16/h3-4,6-7,9-10,12,15H,2,5,8,11,17H2,1H3. The van der Waals surface area contributed by atoms with Gasteiger partial charge in [-0.25, -0.2) is 8.42 Å². The van der Waals surface area contributed by atoms with Gasteiger partial charge in [-0.05, 0) is 42.2 Å². The van der Waals surface area contributed by atoms with Crippen molar-refractivity contribution in [3.63, 3.8) is 0 Å². The highest BCUT2D eigenvalue weighted by atomic mass is 32.2. The maximum absolute atomic E-state index is 12.3. The summed E-state index contributed by atoms with van der Waals surface area (Å²) >= 11 is 0. The Morgan fingerprint density at radius 3 is 2.50 bits per heavy atom. The molecule has 20 heavy (non-hydrogen) atoms. The van der Waals surface area contributed by atoms with Gasteiger partial charge in [0.25, 0.3) is 0 Å². The first-order chi connectivity index (χ1) is 9.53. The summed E-state index contributed by atoms with van der Waals surface area (Å²) < 4.78 is 24.6. The van der Waals surface area contributed by atoms with Crippen LogP contribution < -0.4 is 5.73 Å². The zero-order valence-corrected chi connectivity index (χ0v) is 12.6. The molecule has 0 aromatic heterocycles. The van der Waals surface area contributed by atoms with Gasteiger partial charge in [0.15, 0.2) is 9.84 Å². The summed E-state index contributed by atoms with van der Waals surface area (Å²) in [4.78, 5) is 0.404. The van der Waals surface area contributed by atoms with Crippen LogP contribution in [0.1, 0.15) is 26.2 Å². The largest absolute Gasteiger partial charge is 0.328 e. The number of benzene rings is 2. The maximum Gasteiger partial charge on any atom is 0.178 e. The van der Waals surface area contributed by atoms with Crippen molar-refractivity contribution in [3.8, 4) is 0 Å². The molecule has 0 spiro atoms. The summed E-state index contributed by atoms with van der Waals surface area (Å²) in [5, 5.41) is 2.01. The number of fused-ring (bicyclic) bond motifs is 1. The first-order valence-corrected chi connectivity index (χ1v) is 8.65. The molecule has 3 nitrogen and oxygen atoms in total. The fourth-order valence-corrected chi connectivity index (χ4v) is 3.58. The molecule has 0 saturated heterocycles. The first-order valence-electron chi connectivity index (χ1n) is 7.00. The monoisotopic (exact) mass is 291 g/mol. The van der Waals surface area contributed by atoms with Crippen molar-refractivity contribution in [3.05, 3.63) is 42.5 Å². The lowest BCUT2D eigenvalue weighted by Crippen LogP contribution is -2.19. The van der Waals surface area contributed by atoms with Gasteiger partial charge >= 0.3 is 0 Å². The lowest BCUT2D eigenvalue weighted by atomic mass is 10.1. The van der Waals surface area contributed by atoms with Gasteiger partial charge in [-0.2, -0.15) is 0 Å². The van der Waals surface area contributed by atoms with Gasteiger partial charge < -0.3 is 5.73 Å². The molecule has 0 aliphatic carbocycles. The topological polar surface area (TPSA) is 60.2 Å². The minimum absolute atomic E-state index is 0.0989. The van der Waals surface area contributed by atoms with E-state index in [9.17, 15) is 8.42 Å². The Morgan fingerprint density at radius 2 is 1.80 bits per heavy atom. The van der Waals surface area contributed by atoms with Gasteiger partial charge in [-0.3, -0.25) is 0 Å². The SMILES string of the molecule is CCC(N)CCCS(=O)(=O)c1ccc2ccccc2c1. The van der Waals surface area contributed by atoms with E-state index >= 15 is 0 Å². The second-order valence-electron chi connectivity index (χ2n) is 5.14. The van der Waals surface area contributed by atoms with Crippen LogP contribution in [0.5, 0.6) is 0 Å².